The van der Waals surface area contributed by atoms with Crippen molar-refractivity contribution in [3.8, 4) is 0 Å². The number of nitrogens with one attached hydrogen (secondary N) is 2. The van der Waals surface area contributed by atoms with Gasteiger partial charge in [0.1, 0.15) is 5.82 Å². The molecule has 0 bridgehead atoms. The number of aromatic nitrogens is 2. The maximum atomic E-state index is 13.2. The molecule has 0 saturated heterocycles. The van der Waals surface area contributed by atoms with E-state index in [0.717, 1.165) is 55.0 Å². The van der Waals surface area contributed by atoms with Crippen LogP contribution in [0.4, 0.5) is 4.39 Å². The van der Waals surface area contributed by atoms with Crippen LogP contribution >= 0.6 is 24.0 Å². The second-order valence-corrected chi connectivity index (χ2v) is 6.35. The van der Waals surface area contributed by atoms with E-state index in [1.165, 1.54) is 6.07 Å². The molecule has 3 aromatic rings. The lowest BCUT2D eigenvalue weighted by molar-refractivity contribution is 0.625. The minimum absolute atomic E-state index is 0. The maximum absolute atomic E-state index is 13.2. The summed E-state index contributed by atoms with van der Waals surface area (Å²) in [5.74, 6) is 0.601. The van der Waals surface area contributed by atoms with E-state index in [1.807, 2.05) is 37.5 Å². The van der Waals surface area contributed by atoms with E-state index in [-0.39, 0.29) is 29.8 Å². The molecule has 1 aromatic heterocycles. The highest BCUT2D eigenvalue weighted by Gasteiger charge is 2.02. The molecule has 0 fully saturated rings. The summed E-state index contributed by atoms with van der Waals surface area (Å²) in [5.41, 5.74) is 3.15. The third kappa shape index (κ3) is 6.47. The Morgan fingerprint density at radius 1 is 1.14 bits per heavy atom. The summed E-state index contributed by atoms with van der Waals surface area (Å²) in [5, 5.41) is 6.56. The zero-order valence-electron chi connectivity index (χ0n) is 16.1. The quantitative estimate of drug-likeness (QED) is 0.215. The highest BCUT2D eigenvalue weighted by molar-refractivity contribution is 14.0. The standard InChI is InChI=1S/C21H26FN5.HI/c1-2-23-21(25-13-11-17-7-5-8-18(22)15-17)24-12-6-14-27-16-26-19-9-3-4-10-20(19)27;/h3-5,7-10,15-16H,2,6,11-14H2,1H3,(H2,23,24,25);1H. The molecule has 7 heteroatoms. The van der Waals surface area contributed by atoms with Gasteiger partial charge in [-0.1, -0.05) is 24.3 Å². The lowest BCUT2D eigenvalue weighted by Crippen LogP contribution is -2.38. The number of para-hydroxylation sites is 2. The zero-order valence-corrected chi connectivity index (χ0v) is 18.4. The molecule has 5 nitrogen and oxygen atoms in total. The molecule has 0 aliphatic rings. The van der Waals surface area contributed by atoms with Crippen LogP contribution in [0, 0.1) is 5.82 Å². The van der Waals surface area contributed by atoms with Gasteiger partial charge in [-0.15, -0.1) is 24.0 Å². The van der Waals surface area contributed by atoms with Crippen molar-refractivity contribution < 1.29 is 4.39 Å². The Hall–Kier alpha value is -2.16. The van der Waals surface area contributed by atoms with Crippen LogP contribution in [0.1, 0.15) is 18.9 Å². The molecule has 0 atom stereocenters. The fraction of sp³-hybridized carbons (Fsp3) is 0.333. The van der Waals surface area contributed by atoms with Gasteiger partial charge in [-0.25, -0.2) is 9.37 Å². The molecule has 2 aromatic carbocycles. The van der Waals surface area contributed by atoms with Crippen LogP contribution in [0.25, 0.3) is 11.0 Å². The number of hydrogen-bond acceptors (Lipinski definition) is 2. The van der Waals surface area contributed by atoms with Gasteiger partial charge in [0.2, 0.25) is 0 Å². The van der Waals surface area contributed by atoms with Crippen molar-refractivity contribution in [2.75, 3.05) is 19.6 Å². The van der Waals surface area contributed by atoms with Crippen LogP contribution < -0.4 is 10.6 Å². The Balaban J connectivity index is 0.00000280. The first-order valence-electron chi connectivity index (χ1n) is 9.43. The van der Waals surface area contributed by atoms with Crippen LogP contribution in [0.5, 0.6) is 0 Å². The molecule has 2 N–H and O–H groups in total. The number of imidazole rings is 1. The number of guanidine groups is 1. The molecule has 0 unspecified atom stereocenters. The summed E-state index contributed by atoms with van der Waals surface area (Å²) in [6.45, 7) is 5.16. The molecule has 0 saturated carbocycles. The molecule has 28 heavy (non-hydrogen) atoms. The lowest BCUT2D eigenvalue weighted by Gasteiger charge is -2.11. The third-order valence-corrected chi connectivity index (χ3v) is 4.29. The average molecular weight is 495 g/mol. The number of benzene rings is 2. The van der Waals surface area contributed by atoms with Crippen LogP contribution in [-0.2, 0) is 13.0 Å². The van der Waals surface area contributed by atoms with Gasteiger partial charge < -0.3 is 15.2 Å². The second kappa shape index (κ2) is 11.6. The molecule has 0 amide bonds. The minimum atomic E-state index is -0.194. The third-order valence-electron chi connectivity index (χ3n) is 4.29. The highest BCUT2D eigenvalue weighted by atomic mass is 127. The lowest BCUT2D eigenvalue weighted by atomic mass is 10.1. The number of hydrogen-bond donors (Lipinski definition) is 2. The zero-order chi connectivity index (χ0) is 18.9. The van der Waals surface area contributed by atoms with Crippen molar-refractivity contribution in [1.82, 2.24) is 20.2 Å². The predicted molar refractivity (Wildman–Crippen MR) is 124 cm³/mol. The Kier molecular flexibility index (Phi) is 9.19. The number of aryl methyl sites for hydroxylation is 1. The summed E-state index contributed by atoms with van der Waals surface area (Å²) >= 11 is 0. The van der Waals surface area contributed by atoms with Gasteiger partial charge >= 0.3 is 0 Å². The minimum Gasteiger partial charge on any atom is -0.357 e. The van der Waals surface area contributed by atoms with E-state index in [4.69, 9.17) is 0 Å². The van der Waals surface area contributed by atoms with E-state index in [1.54, 1.807) is 12.1 Å². The van der Waals surface area contributed by atoms with Crippen LogP contribution in [0.3, 0.4) is 0 Å². The predicted octanol–water partition coefficient (Wildman–Crippen LogP) is 3.98. The summed E-state index contributed by atoms with van der Waals surface area (Å²) in [4.78, 5) is 9.04. The normalized spacial score (nSPS) is 11.3. The van der Waals surface area contributed by atoms with Crippen molar-refractivity contribution in [3.05, 3.63) is 66.2 Å². The van der Waals surface area contributed by atoms with Crippen LogP contribution in [0.2, 0.25) is 0 Å². The number of aliphatic imine (C=N–C) groups is 1. The summed E-state index contributed by atoms with van der Waals surface area (Å²) in [6.07, 6.45) is 3.57. The molecule has 150 valence electrons. The van der Waals surface area contributed by atoms with E-state index >= 15 is 0 Å². The first-order valence-corrected chi connectivity index (χ1v) is 9.43. The first kappa shape index (κ1) is 22.1. The molecule has 0 radical (unpaired) electrons. The van der Waals surface area contributed by atoms with E-state index < -0.39 is 0 Å². The fourth-order valence-electron chi connectivity index (χ4n) is 2.98. The van der Waals surface area contributed by atoms with Crippen molar-refractivity contribution in [2.24, 2.45) is 4.99 Å². The Morgan fingerprint density at radius 2 is 2.00 bits per heavy atom. The van der Waals surface area contributed by atoms with Crippen molar-refractivity contribution >= 4 is 41.0 Å². The first-order chi connectivity index (χ1) is 13.3. The summed E-state index contributed by atoms with van der Waals surface area (Å²) in [7, 11) is 0. The largest absolute Gasteiger partial charge is 0.357 e. The smallest absolute Gasteiger partial charge is 0.191 e. The summed E-state index contributed by atoms with van der Waals surface area (Å²) < 4.78 is 15.4. The van der Waals surface area contributed by atoms with Crippen LogP contribution in [-0.4, -0.2) is 35.1 Å². The molecule has 0 aliphatic heterocycles. The van der Waals surface area contributed by atoms with Gasteiger partial charge in [0, 0.05) is 26.2 Å². The Labute approximate surface area is 182 Å². The van der Waals surface area contributed by atoms with Gasteiger partial charge in [-0.2, -0.15) is 0 Å². The SMILES string of the molecule is CCNC(=NCCCn1cnc2ccccc21)NCCc1cccc(F)c1.I. The van der Waals surface area contributed by atoms with Crippen molar-refractivity contribution in [2.45, 2.75) is 26.3 Å². The molecular formula is C21H27FIN5. The van der Waals surface area contributed by atoms with Crippen molar-refractivity contribution in [3.63, 3.8) is 0 Å². The van der Waals surface area contributed by atoms with Gasteiger partial charge in [0.15, 0.2) is 5.96 Å². The van der Waals surface area contributed by atoms with Crippen LogP contribution in [0.15, 0.2) is 59.9 Å². The van der Waals surface area contributed by atoms with Gasteiger partial charge in [0.05, 0.1) is 17.4 Å². The Morgan fingerprint density at radius 3 is 2.82 bits per heavy atom. The van der Waals surface area contributed by atoms with Gasteiger partial charge in [-0.3, -0.25) is 4.99 Å². The molecule has 3 rings (SSSR count). The number of nitrogens with zero attached hydrogens (tertiary/aromatic N) is 3. The Bertz CT molecular complexity index is 893. The molecular weight excluding hydrogens is 468 g/mol. The molecule has 0 spiro atoms. The molecule has 1 heterocycles. The van der Waals surface area contributed by atoms with Gasteiger partial charge in [-0.05, 0) is 49.6 Å². The number of rotatable bonds is 8. The number of halogens is 2. The molecule has 0 aliphatic carbocycles. The average Bonchev–Trinajstić information content (AvgIpc) is 3.08. The van der Waals surface area contributed by atoms with E-state index in [9.17, 15) is 4.39 Å². The summed E-state index contributed by atoms with van der Waals surface area (Å²) in [6, 6.07) is 14.9. The second-order valence-electron chi connectivity index (χ2n) is 6.35. The highest BCUT2D eigenvalue weighted by Crippen LogP contribution is 2.12. The fourth-order valence-corrected chi connectivity index (χ4v) is 2.98. The maximum Gasteiger partial charge on any atom is 0.191 e. The van der Waals surface area contributed by atoms with E-state index in [0.29, 0.717) is 6.54 Å². The number of fused-ring (bicyclic) bond motifs is 1. The monoisotopic (exact) mass is 495 g/mol. The van der Waals surface area contributed by atoms with Crippen molar-refractivity contribution in [1.29, 1.82) is 0 Å². The topological polar surface area (TPSA) is 54.2 Å². The van der Waals surface area contributed by atoms with E-state index in [2.05, 4.69) is 31.2 Å². The van der Waals surface area contributed by atoms with Gasteiger partial charge in [0.25, 0.3) is 0 Å².